The lowest BCUT2D eigenvalue weighted by Gasteiger charge is -2.38. The molecule has 0 radical (unpaired) electrons. The van der Waals surface area contributed by atoms with Crippen molar-refractivity contribution >= 4 is 6.03 Å². The van der Waals surface area contributed by atoms with Crippen molar-refractivity contribution in [2.75, 3.05) is 33.7 Å². The van der Waals surface area contributed by atoms with Crippen molar-refractivity contribution in [3.63, 3.8) is 0 Å². The highest BCUT2D eigenvalue weighted by molar-refractivity contribution is 5.75. The molecule has 1 atom stereocenters. The van der Waals surface area contributed by atoms with Gasteiger partial charge in [-0.2, -0.15) is 0 Å². The van der Waals surface area contributed by atoms with Gasteiger partial charge >= 0.3 is 6.03 Å². The maximum atomic E-state index is 12.1. The summed E-state index contributed by atoms with van der Waals surface area (Å²) in [5, 5.41) is 3.19. The van der Waals surface area contributed by atoms with E-state index in [9.17, 15) is 4.79 Å². The van der Waals surface area contributed by atoms with Gasteiger partial charge in [0.2, 0.25) is 0 Å². The third-order valence-electron chi connectivity index (χ3n) is 3.32. The fourth-order valence-electron chi connectivity index (χ4n) is 2.51. The number of rotatable bonds is 4. The van der Waals surface area contributed by atoms with E-state index in [1.165, 1.54) is 5.56 Å². The van der Waals surface area contributed by atoms with Gasteiger partial charge in [0.15, 0.2) is 0 Å². The molecule has 18 heavy (non-hydrogen) atoms. The predicted octanol–water partition coefficient (Wildman–Crippen LogP) is 1.39. The largest absolute Gasteiger partial charge is 0.327 e. The number of benzene rings is 1. The molecule has 1 aliphatic heterocycles. The number of nitrogens with one attached hydrogen (secondary N) is 1. The van der Waals surface area contributed by atoms with E-state index in [4.69, 9.17) is 0 Å². The Balaban J connectivity index is 2.03. The van der Waals surface area contributed by atoms with Gasteiger partial charge in [-0.3, -0.25) is 0 Å². The first-order valence-electron chi connectivity index (χ1n) is 6.39. The number of hydrogen-bond acceptors (Lipinski definition) is 2. The molecule has 0 saturated carbocycles. The summed E-state index contributed by atoms with van der Waals surface area (Å²) in [6, 6.07) is 10.3. The molecule has 2 amide bonds. The van der Waals surface area contributed by atoms with E-state index in [1.54, 1.807) is 0 Å². The van der Waals surface area contributed by atoms with Gasteiger partial charge in [-0.05, 0) is 12.6 Å². The van der Waals surface area contributed by atoms with Crippen molar-refractivity contribution in [1.29, 1.82) is 0 Å². The third kappa shape index (κ3) is 3.01. The zero-order chi connectivity index (χ0) is 13.0. The molecule has 1 saturated heterocycles. The Morgan fingerprint density at radius 3 is 2.67 bits per heavy atom. The summed E-state index contributed by atoms with van der Waals surface area (Å²) in [5.74, 6) is 0.501. The molecule has 0 aromatic heterocycles. The van der Waals surface area contributed by atoms with Crippen LogP contribution in [0.1, 0.15) is 5.56 Å². The normalized spacial score (nSPS) is 20.3. The van der Waals surface area contributed by atoms with Gasteiger partial charge in [0.25, 0.3) is 0 Å². The van der Waals surface area contributed by atoms with E-state index in [-0.39, 0.29) is 6.03 Å². The van der Waals surface area contributed by atoms with Crippen molar-refractivity contribution in [2.24, 2.45) is 5.92 Å². The van der Waals surface area contributed by atoms with Crippen LogP contribution in [0.4, 0.5) is 4.79 Å². The highest BCUT2D eigenvalue weighted by Crippen LogP contribution is 2.15. The fourth-order valence-corrected chi connectivity index (χ4v) is 2.51. The van der Waals surface area contributed by atoms with E-state index in [0.717, 1.165) is 19.6 Å². The molecule has 0 bridgehead atoms. The maximum Gasteiger partial charge on any atom is 0.320 e. The lowest BCUT2D eigenvalue weighted by molar-refractivity contribution is 0.112. The Hall–Kier alpha value is -1.55. The van der Waals surface area contributed by atoms with Crippen LogP contribution in [0.15, 0.2) is 30.3 Å². The topological polar surface area (TPSA) is 35.6 Å². The first-order chi connectivity index (χ1) is 8.70. The van der Waals surface area contributed by atoms with Crippen LogP contribution >= 0.6 is 0 Å². The molecule has 1 unspecified atom stereocenters. The van der Waals surface area contributed by atoms with Gasteiger partial charge in [-0.25, -0.2) is 4.79 Å². The molecule has 0 spiro atoms. The molecule has 1 aromatic rings. The van der Waals surface area contributed by atoms with E-state index >= 15 is 0 Å². The minimum absolute atomic E-state index is 0.131. The van der Waals surface area contributed by atoms with Crippen LogP contribution in [0, 0.1) is 5.92 Å². The molecule has 1 aromatic carbocycles. The molecule has 1 N–H and O–H groups in total. The van der Waals surface area contributed by atoms with Gasteiger partial charge in [0.1, 0.15) is 0 Å². The number of nitrogens with zero attached hydrogens (tertiary/aromatic N) is 2. The first-order valence-corrected chi connectivity index (χ1v) is 6.39. The van der Waals surface area contributed by atoms with Crippen LogP contribution in [0.2, 0.25) is 0 Å². The molecular weight excluding hydrogens is 226 g/mol. The van der Waals surface area contributed by atoms with Gasteiger partial charge in [0, 0.05) is 39.1 Å². The monoisotopic (exact) mass is 247 g/mol. The lowest BCUT2D eigenvalue weighted by atomic mass is 10.1. The summed E-state index contributed by atoms with van der Waals surface area (Å²) in [7, 11) is 3.83. The summed E-state index contributed by atoms with van der Waals surface area (Å²) < 4.78 is 0. The highest BCUT2D eigenvalue weighted by Gasteiger charge is 2.28. The zero-order valence-electron chi connectivity index (χ0n) is 11.1. The molecule has 1 fully saturated rings. The molecule has 1 heterocycles. The Bertz CT molecular complexity index is 393. The Kier molecular flexibility index (Phi) is 4.20. The summed E-state index contributed by atoms with van der Waals surface area (Å²) in [5.41, 5.74) is 1.18. The van der Waals surface area contributed by atoms with E-state index < -0.39 is 0 Å². The number of carbonyl (C=O) groups is 1. The quantitative estimate of drug-likeness (QED) is 0.872. The fraction of sp³-hybridized carbons (Fsp3) is 0.500. The second kappa shape index (κ2) is 5.87. The van der Waals surface area contributed by atoms with Crippen molar-refractivity contribution in [3.05, 3.63) is 35.9 Å². The standard InChI is InChI=1S/C14H21N3O/c1-15-8-13-9-16(2)14(18)17(11-13)10-12-6-4-3-5-7-12/h3-7,13,15H,8-11H2,1-2H3. The molecule has 4 heteroatoms. The molecule has 98 valence electrons. The summed E-state index contributed by atoms with van der Waals surface area (Å²) >= 11 is 0. The van der Waals surface area contributed by atoms with Crippen LogP contribution in [0.5, 0.6) is 0 Å². The van der Waals surface area contributed by atoms with Crippen LogP contribution in [0.25, 0.3) is 0 Å². The second-order valence-corrected chi connectivity index (χ2v) is 4.95. The van der Waals surface area contributed by atoms with Crippen molar-refractivity contribution in [3.8, 4) is 0 Å². The van der Waals surface area contributed by atoms with Crippen LogP contribution in [0.3, 0.4) is 0 Å². The lowest BCUT2D eigenvalue weighted by Crippen LogP contribution is -2.53. The Labute approximate surface area is 109 Å². The van der Waals surface area contributed by atoms with E-state index in [2.05, 4.69) is 17.4 Å². The average molecular weight is 247 g/mol. The van der Waals surface area contributed by atoms with Crippen molar-refractivity contribution in [2.45, 2.75) is 6.54 Å². The van der Waals surface area contributed by atoms with Gasteiger partial charge in [-0.15, -0.1) is 0 Å². The van der Waals surface area contributed by atoms with Crippen LogP contribution in [-0.4, -0.2) is 49.6 Å². The minimum atomic E-state index is 0.131. The molecule has 2 rings (SSSR count). The SMILES string of the molecule is CNCC1CN(C)C(=O)N(Cc2ccccc2)C1. The number of urea groups is 1. The number of amides is 2. The predicted molar refractivity (Wildman–Crippen MR) is 72.3 cm³/mol. The van der Waals surface area contributed by atoms with Crippen LogP contribution < -0.4 is 5.32 Å². The molecule has 4 nitrogen and oxygen atoms in total. The van der Waals surface area contributed by atoms with E-state index in [0.29, 0.717) is 12.5 Å². The highest BCUT2D eigenvalue weighted by atomic mass is 16.2. The summed E-state index contributed by atoms with van der Waals surface area (Å²) in [4.78, 5) is 15.9. The molecular formula is C14H21N3O. The minimum Gasteiger partial charge on any atom is -0.327 e. The van der Waals surface area contributed by atoms with E-state index in [1.807, 2.05) is 42.1 Å². The number of hydrogen-bond donors (Lipinski definition) is 1. The molecule has 1 aliphatic rings. The van der Waals surface area contributed by atoms with Gasteiger partial charge in [-0.1, -0.05) is 30.3 Å². The number of carbonyl (C=O) groups excluding carboxylic acids is 1. The maximum absolute atomic E-state index is 12.1. The third-order valence-corrected chi connectivity index (χ3v) is 3.32. The average Bonchev–Trinajstić information content (AvgIpc) is 2.37. The molecule has 0 aliphatic carbocycles. The Morgan fingerprint density at radius 1 is 1.28 bits per heavy atom. The van der Waals surface area contributed by atoms with Crippen LogP contribution in [-0.2, 0) is 6.54 Å². The second-order valence-electron chi connectivity index (χ2n) is 4.95. The van der Waals surface area contributed by atoms with Crippen molar-refractivity contribution < 1.29 is 4.79 Å². The summed E-state index contributed by atoms with van der Waals surface area (Å²) in [6.45, 7) is 3.32. The summed E-state index contributed by atoms with van der Waals surface area (Å²) in [6.07, 6.45) is 0. The van der Waals surface area contributed by atoms with Gasteiger partial charge < -0.3 is 15.1 Å². The van der Waals surface area contributed by atoms with Gasteiger partial charge in [0.05, 0.1) is 0 Å². The first kappa shape index (κ1) is 12.9. The van der Waals surface area contributed by atoms with Crippen molar-refractivity contribution in [1.82, 2.24) is 15.1 Å². The smallest absolute Gasteiger partial charge is 0.320 e. The Morgan fingerprint density at radius 2 is 2.00 bits per heavy atom. The zero-order valence-corrected chi connectivity index (χ0v) is 11.1.